The second kappa shape index (κ2) is 9.63. The molecule has 0 spiro atoms. The lowest BCUT2D eigenvalue weighted by molar-refractivity contribution is -0.143. The lowest BCUT2D eigenvalue weighted by atomic mass is 9.87. The average molecular weight is 353 g/mol. The molecule has 1 heterocycles. The molecule has 2 aliphatic rings. The zero-order valence-corrected chi connectivity index (χ0v) is 15.1. The molecule has 2 atom stereocenters. The first-order valence-corrected chi connectivity index (χ1v) is 9.48. The molecule has 0 aromatic rings. The molecule has 0 aromatic heterocycles. The van der Waals surface area contributed by atoms with Gasteiger partial charge in [-0.1, -0.05) is 26.2 Å². The summed E-state index contributed by atoms with van der Waals surface area (Å²) in [5.74, 6) is -0.607. The summed E-state index contributed by atoms with van der Waals surface area (Å²) in [7, 11) is 0. The van der Waals surface area contributed by atoms with Gasteiger partial charge in [-0.3, -0.25) is 9.59 Å². The van der Waals surface area contributed by atoms with Crippen LogP contribution in [0.3, 0.4) is 0 Å². The predicted molar refractivity (Wildman–Crippen MR) is 94.1 cm³/mol. The summed E-state index contributed by atoms with van der Waals surface area (Å²) in [6.45, 7) is 3.55. The zero-order valence-electron chi connectivity index (χ0n) is 15.1. The Bertz CT molecular complexity index is 477. The number of aliphatic carboxylic acids is 1. The van der Waals surface area contributed by atoms with Gasteiger partial charge >= 0.3 is 12.0 Å². The van der Waals surface area contributed by atoms with E-state index in [-0.39, 0.29) is 24.4 Å². The Kier molecular flexibility index (Phi) is 7.52. The molecule has 3 amide bonds. The zero-order chi connectivity index (χ0) is 18.2. The molecule has 7 nitrogen and oxygen atoms in total. The Labute approximate surface area is 149 Å². The van der Waals surface area contributed by atoms with Crippen LogP contribution in [-0.4, -0.2) is 54.1 Å². The summed E-state index contributed by atoms with van der Waals surface area (Å²) in [5, 5.41) is 14.8. The molecule has 0 radical (unpaired) electrons. The molecule has 25 heavy (non-hydrogen) atoms. The van der Waals surface area contributed by atoms with Crippen LogP contribution in [0.25, 0.3) is 0 Å². The summed E-state index contributed by atoms with van der Waals surface area (Å²) in [6.07, 6.45) is 7.19. The molecule has 3 N–H and O–H groups in total. The van der Waals surface area contributed by atoms with Crippen LogP contribution in [-0.2, 0) is 9.59 Å². The minimum Gasteiger partial charge on any atom is -0.481 e. The van der Waals surface area contributed by atoms with Gasteiger partial charge in [0.15, 0.2) is 0 Å². The lowest BCUT2D eigenvalue weighted by Gasteiger charge is -2.34. The van der Waals surface area contributed by atoms with Crippen LogP contribution in [0.4, 0.5) is 4.79 Å². The Morgan fingerprint density at radius 2 is 1.72 bits per heavy atom. The van der Waals surface area contributed by atoms with E-state index in [1.54, 1.807) is 4.90 Å². The molecule has 1 saturated heterocycles. The molecule has 1 saturated carbocycles. The molecule has 0 bridgehead atoms. The van der Waals surface area contributed by atoms with Gasteiger partial charge in [0.05, 0.1) is 5.92 Å². The molecule has 0 aromatic carbocycles. The number of nitrogens with zero attached hydrogens (tertiary/aromatic N) is 1. The highest BCUT2D eigenvalue weighted by molar-refractivity contribution is 5.77. The first kappa shape index (κ1) is 19.5. The monoisotopic (exact) mass is 353 g/mol. The molecule has 2 fully saturated rings. The normalized spacial score (nSPS) is 24.6. The number of likely N-dealkylation sites (tertiary alicyclic amines) is 1. The summed E-state index contributed by atoms with van der Waals surface area (Å²) < 4.78 is 0. The van der Waals surface area contributed by atoms with Crippen LogP contribution in [0, 0.1) is 17.8 Å². The van der Waals surface area contributed by atoms with Crippen LogP contribution in [0.5, 0.6) is 0 Å². The van der Waals surface area contributed by atoms with Crippen molar-refractivity contribution in [2.75, 3.05) is 26.2 Å². The lowest BCUT2D eigenvalue weighted by Crippen LogP contribution is -2.50. The molecular weight excluding hydrogens is 322 g/mol. The second-order valence-electron chi connectivity index (χ2n) is 7.57. The van der Waals surface area contributed by atoms with Crippen LogP contribution < -0.4 is 10.6 Å². The second-order valence-corrected chi connectivity index (χ2v) is 7.57. The van der Waals surface area contributed by atoms with E-state index in [9.17, 15) is 14.4 Å². The maximum Gasteiger partial charge on any atom is 0.317 e. The molecule has 2 rings (SSSR count). The van der Waals surface area contributed by atoms with Crippen LogP contribution in [0.1, 0.15) is 51.9 Å². The first-order chi connectivity index (χ1) is 12.0. The summed E-state index contributed by atoms with van der Waals surface area (Å²) in [5.41, 5.74) is 0. The smallest absolute Gasteiger partial charge is 0.317 e. The van der Waals surface area contributed by atoms with Gasteiger partial charge in [-0.25, -0.2) is 4.79 Å². The highest BCUT2D eigenvalue weighted by Gasteiger charge is 2.31. The minimum absolute atomic E-state index is 0.0543. The highest BCUT2D eigenvalue weighted by atomic mass is 16.4. The number of nitrogens with one attached hydrogen (secondary N) is 2. The standard InChI is InChI=1S/C18H31N3O4/c1-13-9-15(17(23)24)12-21(11-13)18(25)20-8-7-19-16(22)10-14-5-3-2-4-6-14/h13-15H,2-12H2,1H3,(H,19,22)(H,20,25)(H,23,24). The summed E-state index contributed by atoms with van der Waals surface area (Å²) >= 11 is 0. The van der Waals surface area contributed by atoms with Gasteiger partial charge in [0.1, 0.15) is 0 Å². The van der Waals surface area contributed by atoms with E-state index in [1.807, 2.05) is 6.92 Å². The maximum atomic E-state index is 12.2. The van der Waals surface area contributed by atoms with Crippen molar-refractivity contribution in [3.63, 3.8) is 0 Å². The third-order valence-electron chi connectivity index (χ3n) is 5.22. The van der Waals surface area contributed by atoms with E-state index in [1.165, 1.54) is 19.3 Å². The Balaban J connectivity index is 1.62. The van der Waals surface area contributed by atoms with Crippen LogP contribution in [0.2, 0.25) is 0 Å². The number of urea groups is 1. The van der Waals surface area contributed by atoms with Crippen molar-refractivity contribution in [3.8, 4) is 0 Å². The van der Waals surface area contributed by atoms with Crippen molar-refractivity contribution >= 4 is 17.9 Å². The quantitative estimate of drug-likeness (QED) is 0.634. The third-order valence-corrected chi connectivity index (χ3v) is 5.22. The number of rotatable bonds is 6. The number of carboxylic acids is 1. The molecule has 1 aliphatic carbocycles. The Morgan fingerprint density at radius 1 is 1.04 bits per heavy atom. The number of carboxylic acid groups (broad SMARTS) is 1. The van der Waals surface area contributed by atoms with Crippen molar-refractivity contribution in [3.05, 3.63) is 0 Å². The first-order valence-electron chi connectivity index (χ1n) is 9.48. The number of carbonyl (C=O) groups is 3. The van der Waals surface area contributed by atoms with Crippen molar-refractivity contribution in [2.24, 2.45) is 17.8 Å². The van der Waals surface area contributed by atoms with Crippen molar-refractivity contribution in [2.45, 2.75) is 51.9 Å². The predicted octanol–water partition coefficient (Wildman–Crippen LogP) is 1.83. The maximum absolute atomic E-state index is 12.2. The SMILES string of the molecule is CC1CC(C(=O)O)CN(C(=O)NCCNC(=O)CC2CCCCC2)C1. The van der Waals surface area contributed by atoms with Gasteiger partial charge in [0.25, 0.3) is 0 Å². The molecule has 7 heteroatoms. The van der Waals surface area contributed by atoms with Gasteiger partial charge in [0.2, 0.25) is 5.91 Å². The van der Waals surface area contributed by atoms with E-state index in [0.29, 0.717) is 38.4 Å². The summed E-state index contributed by atoms with van der Waals surface area (Å²) in [4.78, 5) is 36.8. The number of piperidine rings is 1. The van der Waals surface area contributed by atoms with Gasteiger partial charge in [-0.2, -0.15) is 0 Å². The van der Waals surface area contributed by atoms with Gasteiger partial charge < -0.3 is 20.6 Å². The average Bonchev–Trinajstić information content (AvgIpc) is 2.58. The van der Waals surface area contributed by atoms with Crippen LogP contribution in [0.15, 0.2) is 0 Å². The number of amides is 3. The van der Waals surface area contributed by atoms with E-state index in [0.717, 1.165) is 12.8 Å². The number of carbonyl (C=O) groups excluding carboxylic acids is 2. The Hall–Kier alpha value is -1.79. The summed E-state index contributed by atoms with van der Waals surface area (Å²) in [6, 6.07) is -0.251. The fraction of sp³-hybridized carbons (Fsp3) is 0.833. The topological polar surface area (TPSA) is 98.7 Å². The van der Waals surface area contributed by atoms with Crippen molar-refractivity contribution in [1.82, 2.24) is 15.5 Å². The minimum atomic E-state index is -0.848. The Morgan fingerprint density at radius 3 is 2.40 bits per heavy atom. The van der Waals surface area contributed by atoms with Crippen LogP contribution >= 0.6 is 0 Å². The van der Waals surface area contributed by atoms with E-state index in [2.05, 4.69) is 10.6 Å². The van der Waals surface area contributed by atoms with Crippen molar-refractivity contribution < 1.29 is 19.5 Å². The van der Waals surface area contributed by atoms with Gasteiger partial charge in [-0.05, 0) is 31.1 Å². The number of hydrogen-bond acceptors (Lipinski definition) is 3. The highest BCUT2D eigenvalue weighted by Crippen LogP contribution is 2.26. The van der Waals surface area contributed by atoms with Gasteiger partial charge in [0, 0.05) is 32.6 Å². The number of hydrogen-bond donors (Lipinski definition) is 3. The fourth-order valence-corrected chi connectivity index (χ4v) is 3.91. The van der Waals surface area contributed by atoms with Gasteiger partial charge in [-0.15, -0.1) is 0 Å². The molecule has 2 unspecified atom stereocenters. The molecular formula is C18H31N3O4. The van der Waals surface area contributed by atoms with E-state index in [4.69, 9.17) is 5.11 Å². The molecule has 1 aliphatic heterocycles. The van der Waals surface area contributed by atoms with E-state index >= 15 is 0 Å². The van der Waals surface area contributed by atoms with E-state index < -0.39 is 11.9 Å². The third kappa shape index (κ3) is 6.55. The fourth-order valence-electron chi connectivity index (χ4n) is 3.91. The largest absolute Gasteiger partial charge is 0.481 e. The molecule has 142 valence electrons. The van der Waals surface area contributed by atoms with Crippen molar-refractivity contribution in [1.29, 1.82) is 0 Å².